The minimum atomic E-state index is -0.698. The maximum absolute atomic E-state index is 12.7. The van der Waals surface area contributed by atoms with Gasteiger partial charge in [0, 0.05) is 6.54 Å². The standard InChI is InChI=1S/C22H22ClN5O5S2/c1-4-9-28-15(10-33-14-8-6-5-7-13(14)23)26-27-22(28)34-11-16(29)25-20-17(21(31)32-3)12(2)18(35-20)19(24)30/h4-8H,1,9-11H2,2-3H3,(H2,24,30)(H,25,29). The van der Waals surface area contributed by atoms with Gasteiger partial charge in [0.2, 0.25) is 5.91 Å². The number of nitrogens with zero attached hydrogens (tertiary/aromatic N) is 3. The number of aromatic nitrogens is 3. The Morgan fingerprint density at radius 2 is 2.06 bits per heavy atom. The Kier molecular flexibility index (Phi) is 8.90. The third-order valence-electron chi connectivity index (χ3n) is 4.64. The predicted molar refractivity (Wildman–Crippen MR) is 134 cm³/mol. The Labute approximate surface area is 214 Å². The molecule has 0 fully saturated rings. The number of carbonyl (C=O) groups is 3. The number of primary amides is 1. The van der Waals surface area contributed by atoms with E-state index >= 15 is 0 Å². The zero-order valence-electron chi connectivity index (χ0n) is 18.9. The number of amides is 2. The highest BCUT2D eigenvalue weighted by atomic mass is 35.5. The summed E-state index contributed by atoms with van der Waals surface area (Å²) in [6.45, 7) is 5.83. The number of nitrogens with one attached hydrogen (secondary N) is 1. The van der Waals surface area contributed by atoms with Crippen LogP contribution < -0.4 is 15.8 Å². The first-order chi connectivity index (χ1) is 16.8. The van der Waals surface area contributed by atoms with Gasteiger partial charge in [-0.2, -0.15) is 0 Å². The molecule has 0 aliphatic carbocycles. The molecule has 13 heteroatoms. The number of benzene rings is 1. The molecule has 35 heavy (non-hydrogen) atoms. The van der Waals surface area contributed by atoms with Crippen LogP contribution in [0.3, 0.4) is 0 Å². The Balaban J connectivity index is 1.71. The highest BCUT2D eigenvalue weighted by molar-refractivity contribution is 7.99. The zero-order chi connectivity index (χ0) is 25.5. The molecule has 2 heterocycles. The van der Waals surface area contributed by atoms with E-state index in [1.165, 1.54) is 7.11 Å². The lowest BCUT2D eigenvalue weighted by Crippen LogP contribution is -2.16. The minimum Gasteiger partial charge on any atom is -0.484 e. The van der Waals surface area contributed by atoms with Crippen LogP contribution in [0.15, 0.2) is 42.1 Å². The number of methoxy groups -OCH3 is 1. The van der Waals surface area contributed by atoms with Gasteiger partial charge >= 0.3 is 5.97 Å². The summed E-state index contributed by atoms with van der Waals surface area (Å²) in [6, 6.07) is 7.07. The first-order valence-corrected chi connectivity index (χ1v) is 12.3. The molecule has 3 rings (SSSR count). The normalized spacial score (nSPS) is 10.6. The number of hydrogen-bond acceptors (Lipinski definition) is 9. The molecule has 10 nitrogen and oxygen atoms in total. The summed E-state index contributed by atoms with van der Waals surface area (Å²) >= 11 is 8.19. The largest absolute Gasteiger partial charge is 0.484 e. The number of anilines is 1. The molecule has 3 N–H and O–H groups in total. The van der Waals surface area contributed by atoms with Crippen molar-refractivity contribution in [2.45, 2.75) is 25.2 Å². The van der Waals surface area contributed by atoms with Crippen molar-refractivity contribution in [1.29, 1.82) is 0 Å². The highest BCUT2D eigenvalue weighted by Gasteiger charge is 2.25. The molecular weight excluding hydrogens is 514 g/mol. The fourth-order valence-electron chi connectivity index (χ4n) is 3.03. The topological polar surface area (TPSA) is 138 Å². The molecule has 0 atom stereocenters. The first kappa shape index (κ1) is 26.3. The summed E-state index contributed by atoms with van der Waals surface area (Å²) in [4.78, 5) is 36.7. The fraction of sp³-hybridized carbons (Fsp3) is 0.227. The number of thiophene rings is 1. The highest BCUT2D eigenvalue weighted by Crippen LogP contribution is 2.33. The van der Waals surface area contributed by atoms with E-state index < -0.39 is 17.8 Å². The molecule has 0 saturated carbocycles. The van der Waals surface area contributed by atoms with Crippen LogP contribution in [-0.4, -0.2) is 45.4 Å². The van der Waals surface area contributed by atoms with Crippen molar-refractivity contribution in [2.24, 2.45) is 5.73 Å². The third kappa shape index (κ3) is 6.21. The van der Waals surface area contributed by atoms with Crippen LogP contribution in [0.1, 0.15) is 31.4 Å². The number of thioether (sulfide) groups is 1. The molecule has 0 aliphatic heterocycles. The van der Waals surface area contributed by atoms with E-state index in [9.17, 15) is 14.4 Å². The van der Waals surface area contributed by atoms with E-state index in [1.54, 1.807) is 35.8 Å². The molecule has 0 unspecified atom stereocenters. The summed E-state index contributed by atoms with van der Waals surface area (Å²) in [6.07, 6.45) is 1.68. The van der Waals surface area contributed by atoms with E-state index in [1.807, 2.05) is 6.07 Å². The Hall–Kier alpha value is -3.35. The summed E-state index contributed by atoms with van der Waals surface area (Å²) in [5.74, 6) is -0.789. The fourth-order valence-corrected chi connectivity index (χ4v) is 5.05. The van der Waals surface area contributed by atoms with Gasteiger partial charge < -0.3 is 20.5 Å². The van der Waals surface area contributed by atoms with Gasteiger partial charge in [0.05, 0.1) is 28.3 Å². The van der Waals surface area contributed by atoms with Crippen LogP contribution in [-0.2, 0) is 22.7 Å². The van der Waals surface area contributed by atoms with Crippen molar-refractivity contribution >= 4 is 57.5 Å². The predicted octanol–water partition coefficient (Wildman–Crippen LogP) is 3.68. The van der Waals surface area contributed by atoms with E-state index in [4.69, 9.17) is 26.8 Å². The molecule has 0 aliphatic rings. The van der Waals surface area contributed by atoms with Gasteiger partial charge in [-0.3, -0.25) is 14.2 Å². The lowest BCUT2D eigenvalue weighted by atomic mass is 10.1. The van der Waals surface area contributed by atoms with Crippen molar-refractivity contribution in [2.75, 3.05) is 18.2 Å². The van der Waals surface area contributed by atoms with Crippen molar-refractivity contribution in [3.63, 3.8) is 0 Å². The minimum absolute atomic E-state index is 0.0376. The number of carbonyl (C=O) groups excluding carboxylic acids is 3. The van der Waals surface area contributed by atoms with Gasteiger partial charge in [0.15, 0.2) is 11.0 Å². The van der Waals surface area contributed by atoms with Crippen LogP contribution in [0.5, 0.6) is 5.75 Å². The van der Waals surface area contributed by atoms with E-state index in [0.29, 0.717) is 33.9 Å². The number of halogens is 1. The van der Waals surface area contributed by atoms with Gasteiger partial charge in [-0.1, -0.05) is 41.6 Å². The lowest BCUT2D eigenvalue weighted by Gasteiger charge is -2.10. The Morgan fingerprint density at radius 1 is 1.31 bits per heavy atom. The maximum atomic E-state index is 12.7. The van der Waals surface area contributed by atoms with Gasteiger partial charge in [0.25, 0.3) is 5.91 Å². The van der Waals surface area contributed by atoms with Gasteiger partial charge in [0.1, 0.15) is 17.4 Å². The number of allylic oxidation sites excluding steroid dienone is 1. The number of esters is 1. The number of nitrogens with two attached hydrogens (primary N) is 1. The molecule has 3 aromatic rings. The van der Waals surface area contributed by atoms with Gasteiger partial charge in [-0.05, 0) is 24.6 Å². The number of hydrogen-bond donors (Lipinski definition) is 2. The quantitative estimate of drug-likeness (QED) is 0.215. The monoisotopic (exact) mass is 535 g/mol. The van der Waals surface area contributed by atoms with Crippen molar-refractivity contribution < 1.29 is 23.9 Å². The molecule has 0 saturated heterocycles. The van der Waals surface area contributed by atoms with Crippen molar-refractivity contribution in [3.8, 4) is 5.75 Å². The molecule has 184 valence electrons. The lowest BCUT2D eigenvalue weighted by molar-refractivity contribution is -0.113. The molecular formula is C22H22ClN5O5S2. The second-order valence-corrected chi connectivity index (χ2v) is 9.34. The molecule has 0 bridgehead atoms. The van der Waals surface area contributed by atoms with Crippen LogP contribution in [0.2, 0.25) is 5.02 Å². The maximum Gasteiger partial charge on any atom is 0.341 e. The zero-order valence-corrected chi connectivity index (χ0v) is 21.3. The molecule has 2 amide bonds. The summed E-state index contributed by atoms with van der Waals surface area (Å²) in [7, 11) is 1.21. The van der Waals surface area contributed by atoms with E-state index in [-0.39, 0.29) is 27.8 Å². The second kappa shape index (κ2) is 11.9. The smallest absolute Gasteiger partial charge is 0.341 e. The van der Waals surface area contributed by atoms with Crippen LogP contribution >= 0.6 is 34.7 Å². The third-order valence-corrected chi connectivity index (χ3v) is 7.14. The SMILES string of the molecule is C=CCn1c(COc2ccccc2Cl)nnc1SCC(=O)Nc1sc(C(N)=O)c(C)c1C(=O)OC. The first-order valence-electron chi connectivity index (χ1n) is 10.1. The van der Waals surface area contributed by atoms with Crippen LogP contribution in [0, 0.1) is 6.92 Å². The summed E-state index contributed by atoms with van der Waals surface area (Å²) < 4.78 is 12.3. The second-order valence-electron chi connectivity index (χ2n) is 6.97. The summed E-state index contributed by atoms with van der Waals surface area (Å²) in [5.41, 5.74) is 5.83. The van der Waals surface area contributed by atoms with Gasteiger partial charge in [-0.15, -0.1) is 28.1 Å². The number of para-hydroxylation sites is 1. The van der Waals surface area contributed by atoms with E-state index in [2.05, 4.69) is 22.1 Å². The molecule has 0 radical (unpaired) electrons. The molecule has 1 aromatic carbocycles. The molecule has 2 aromatic heterocycles. The van der Waals surface area contributed by atoms with E-state index in [0.717, 1.165) is 23.1 Å². The average molecular weight is 536 g/mol. The van der Waals surface area contributed by atoms with Gasteiger partial charge in [-0.25, -0.2) is 4.79 Å². The summed E-state index contributed by atoms with van der Waals surface area (Å²) in [5, 5.41) is 12.1. The Morgan fingerprint density at radius 3 is 2.71 bits per heavy atom. The van der Waals surface area contributed by atoms with Crippen LogP contribution in [0.25, 0.3) is 0 Å². The molecule has 0 spiro atoms. The van der Waals surface area contributed by atoms with Crippen molar-refractivity contribution in [3.05, 3.63) is 63.8 Å². The average Bonchev–Trinajstić information content (AvgIpc) is 3.37. The van der Waals surface area contributed by atoms with Crippen LogP contribution in [0.4, 0.5) is 5.00 Å². The number of ether oxygens (including phenoxy) is 2. The van der Waals surface area contributed by atoms with Crippen molar-refractivity contribution in [1.82, 2.24) is 14.8 Å². The number of rotatable bonds is 11. The Bertz CT molecular complexity index is 1270.